The van der Waals surface area contributed by atoms with Gasteiger partial charge in [0.15, 0.2) is 23.1 Å². The number of ether oxygens (including phenoxy) is 1. The summed E-state index contributed by atoms with van der Waals surface area (Å²) in [6.07, 6.45) is 3.72. The number of ketones is 2. The number of phenols is 1. The molecule has 0 radical (unpaired) electrons. The molecule has 8 rings (SSSR count). The Morgan fingerprint density at radius 1 is 0.843 bits per heavy atom. The number of aromatic carboxylic acids is 1. The van der Waals surface area contributed by atoms with Gasteiger partial charge in [-0.3, -0.25) is 24.1 Å². The van der Waals surface area contributed by atoms with Gasteiger partial charge >= 0.3 is 5.97 Å². The molecular formula is C42H33NO8. The lowest BCUT2D eigenvalue weighted by molar-refractivity contribution is -0.135. The molecule has 6 unspecified atom stereocenters. The maximum absolute atomic E-state index is 15.1. The number of amides is 2. The molecule has 6 atom stereocenters. The van der Waals surface area contributed by atoms with E-state index in [-0.39, 0.29) is 52.7 Å². The lowest BCUT2D eigenvalue weighted by atomic mass is 9.44. The van der Waals surface area contributed by atoms with Crippen LogP contribution >= 0.6 is 0 Å². The van der Waals surface area contributed by atoms with Gasteiger partial charge in [-0.15, -0.1) is 0 Å². The van der Waals surface area contributed by atoms with Crippen molar-refractivity contribution in [3.05, 3.63) is 143 Å². The Morgan fingerprint density at radius 3 is 2.25 bits per heavy atom. The number of fused-ring (bicyclic) bond motifs is 4. The Bertz CT molecular complexity index is 2210. The molecule has 0 aromatic heterocycles. The highest BCUT2D eigenvalue weighted by Gasteiger charge is 2.66. The van der Waals surface area contributed by atoms with Crippen molar-refractivity contribution >= 4 is 40.6 Å². The van der Waals surface area contributed by atoms with Crippen molar-refractivity contribution in [1.82, 2.24) is 0 Å². The number of allylic oxidation sites excluding steroid dienone is 4. The molecule has 1 aliphatic heterocycles. The number of phenolic OH excluding ortho intramolecular Hbond substituents is 1. The monoisotopic (exact) mass is 679 g/mol. The third kappa shape index (κ3) is 4.71. The van der Waals surface area contributed by atoms with Crippen LogP contribution in [0.3, 0.4) is 0 Å². The summed E-state index contributed by atoms with van der Waals surface area (Å²) >= 11 is 0. The molecule has 4 aromatic rings. The van der Waals surface area contributed by atoms with E-state index in [0.717, 1.165) is 10.5 Å². The van der Waals surface area contributed by atoms with Crippen LogP contribution in [0.2, 0.25) is 0 Å². The predicted octanol–water partition coefficient (Wildman–Crippen LogP) is 6.13. The highest BCUT2D eigenvalue weighted by atomic mass is 16.5. The van der Waals surface area contributed by atoms with E-state index in [2.05, 4.69) is 0 Å². The van der Waals surface area contributed by atoms with Gasteiger partial charge in [0.1, 0.15) is 0 Å². The Hall–Kier alpha value is -6.09. The van der Waals surface area contributed by atoms with Crippen LogP contribution in [0.1, 0.15) is 45.8 Å². The molecule has 2 fully saturated rings. The first-order valence-electron chi connectivity index (χ1n) is 16.9. The summed E-state index contributed by atoms with van der Waals surface area (Å²) in [5.41, 5.74) is 1.53. The zero-order chi connectivity index (χ0) is 35.6. The molecule has 1 heterocycles. The highest BCUT2D eigenvalue weighted by molar-refractivity contribution is 6.32. The predicted molar refractivity (Wildman–Crippen MR) is 187 cm³/mol. The van der Waals surface area contributed by atoms with E-state index >= 15 is 9.59 Å². The highest BCUT2D eigenvalue weighted by Crippen LogP contribution is 2.64. The number of carboxylic acid groups (broad SMARTS) is 1. The first-order chi connectivity index (χ1) is 24.7. The summed E-state index contributed by atoms with van der Waals surface area (Å²) in [7, 11) is 1.44. The van der Waals surface area contributed by atoms with E-state index in [1.165, 1.54) is 31.4 Å². The number of nitrogens with zero attached hydrogens (tertiary/aromatic N) is 1. The van der Waals surface area contributed by atoms with Crippen molar-refractivity contribution in [2.75, 3.05) is 12.0 Å². The summed E-state index contributed by atoms with van der Waals surface area (Å²) in [6.45, 7) is 0. The fraction of sp³-hybridized carbons (Fsp3) is 0.214. The van der Waals surface area contributed by atoms with Crippen molar-refractivity contribution in [3.63, 3.8) is 0 Å². The largest absolute Gasteiger partial charge is 0.504 e. The summed E-state index contributed by atoms with van der Waals surface area (Å²) < 4.78 is 5.35. The van der Waals surface area contributed by atoms with Crippen LogP contribution in [0.25, 0.3) is 5.57 Å². The molecule has 0 spiro atoms. The third-order valence-electron chi connectivity index (χ3n) is 11.3. The standard InChI is InChI=1S/C42H33NO8/c1-51-34-18-15-24(20-33(34)44)37-28-16-17-29-36(40(48)43(39(29)47)27-14-8-11-25(19-27)41(49)50)31(28)21-32-38(46)30(23-9-4-2-5-10-23)22-35(45)42(32,37)26-12-6-3-7-13-26/h2-16,18-20,22,29,31-32,36-37,44H,17,21H2,1H3,(H,49,50). The molecule has 1 saturated heterocycles. The molecule has 254 valence electrons. The number of aromatic hydroxyl groups is 1. The van der Waals surface area contributed by atoms with Gasteiger partial charge in [-0.25, -0.2) is 4.79 Å². The van der Waals surface area contributed by atoms with Crippen LogP contribution < -0.4 is 9.64 Å². The van der Waals surface area contributed by atoms with Crippen LogP contribution in [0.5, 0.6) is 11.5 Å². The van der Waals surface area contributed by atoms with E-state index in [9.17, 15) is 24.6 Å². The lowest BCUT2D eigenvalue weighted by Crippen LogP contribution is -2.58. The fourth-order valence-electron chi connectivity index (χ4n) is 9.17. The van der Waals surface area contributed by atoms with E-state index in [1.54, 1.807) is 48.5 Å². The molecule has 4 aromatic carbocycles. The number of carboxylic acids is 1. The number of rotatable bonds is 6. The minimum atomic E-state index is -1.44. The van der Waals surface area contributed by atoms with E-state index in [1.807, 2.05) is 42.5 Å². The van der Waals surface area contributed by atoms with E-state index in [0.29, 0.717) is 16.7 Å². The van der Waals surface area contributed by atoms with Crippen molar-refractivity contribution < 1.29 is 38.9 Å². The van der Waals surface area contributed by atoms with Gasteiger partial charge < -0.3 is 14.9 Å². The smallest absolute Gasteiger partial charge is 0.335 e. The number of benzene rings is 4. The van der Waals surface area contributed by atoms with Crippen LogP contribution in [-0.2, 0) is 24.6 Å². The Labute approximate surface area is 293 Å². The zero-order valence-corrected chi connectivity index (χ0v) is 27.6. The average Bonchev–Trinajstić information content (AvgIpc) is 3.41. The van der Waals surface area contributed by atoms with E-state index in [4.69, 9.17) is 4.74 Å². The first-order valence-corrected chi connectivity index (χ1v) is 16.9. The summed E-state index contributed by atoms with van der Waals surface area (Å²) in [4.78, 5) is 71.5. The number of anilines is 1. The Balaban J connectivity index is 1.35. The first kappa shape index (κ1) is 32.1. The van der Waals surface area contributed by atoms with Crippen molar-refractivity contribution in [2.45, 2.75) is 24.2 Å². The second-order valence-electron chi connectivity index (χ2n) is 13.6. The molecule has 4 aliphatic rings. The summed E-state index contributed by atoms with van der Waals surface area (Å²) in [5.74, 6) is -6.44. The van der Waals surface area contributed by atoms with Gasteiger partial charge in [-0.2, -0.15) is 0 Å². The summed E-state index contributed by atoms with van der Waals surface area (Å²) in [6, 6.07) is 28.9. The number of Topliss-reactive ketones (excluding diaryl/α,β-unsaturated/α-hetero) is 1. The molecule has 0 bridgehead atoms. The van der Waals surface area contributed by atoms with E-state index < -0.39 is 52.8 Å². The number of methoxy groups -OCH3 is 1. The minimum Gasteiger partial charge on any atom is -0.504 e. The maximum atomic E-state index is 15.1. The number of carbonyl (C=O) groups is 5. The Kier molecular flexibility index (Phi) is 7.59. The van der Waals surface area contributed by atoms with Crippen LogP contribution in [0.4, 0.5) is 5.69 Å². The fourth-order valence-corrected chi connectivity index (χ4v) is 9.17. The normalized spacial score (nSPS) is 26.8. The Morgan fingerprint density at radius 2 is 1.57 bits per heavy atom. The number of imide groups is 1. The summed E-state index contributed by atoms with van der Waals surface area (Å²) in [5, 5.41) is 20.7. The molecule has 51 heavy (non-hydrogen) atoms. The average molecular weight is 680 g/mol. The quantitative estimate of drug-likeness (QED) is 0.184. The van der Waals surface area contributed by atoms with Crippen LogP contribution in [-0.4, -0.2) is 46.7 Å². The van der Waals surface area contributed by atoms with Crippen molar-refractivity contribution in [1.29, 1.82) is 0 Å². The molecule has 3 aliphatic carbocycles. The molecule has 9 nitrogen and oxygen atoms in total. The topological polar surface area (TPSA) is 138 Å². The number of hydrogen-bond acceptors (Lipinski definition) is 7. The lowest BCUT2D eigenvalue weighted by Gasteiger charge is -2.55. The zero-order valence-electron chi connectivity index (χ0n) is 27.6. The number of carbonyl (C=O) groups excluding carboxylic acids is 4. The molecule has 1 saturated carbocycles. The molecular weight excluding hydrogens is 646 g/mol. The minimum absolute atomic E-state index is 0.0574. The maximum Gasteiger partial charge on any atom is 0.335 e. The van der Waals surface area contributed by atoms with Gasteiger partial charge in [-0.1, -0.05) is 84.4 Å². The van der Waals surface area contributed by atoms with Crippen molar-refractivity contribution in [2.24, 2.45) is 23.7 Å². The SMILES string of the molecule is COc1ccc(C2C3=CCC4C(=O)N(c5cccc(C(=O)O)c5)C(=O)C4C3CC3C(=O)C(c4ccccc4)=CC(=O)C32c2ccccc2)cc1O. The van der Waals surface area contributed by atoms with Crippen LogP contribution in [0, 0.1) is 23.7 Å². The van der Waals surface area contributed by atoms with Gasteiger partial charge in [0.05, 0.1) is 35.6 Å². The van der Waals surface area contributed by atoms with Gasteiger partial charge in [-0.05, 0) is 71.9 Å². The molecule has 2 amide bonds. The van der Waals surface area contributed by atoms with Gasteiger partial charge in [0, 0.05) is 17.4 Å². The van der Waals surface area contributed by atoms with Crippen molar-refractivity contribution in [3.8, 4) is 11.5 Å². The number of hydrogen-bond donors (Lipinski definition) is 2. The second-order valence-corrected chi connectivity index (χ2v) is 13.6. The third-order valence-corrected chi connectivity index (χ3v) is 11.3. The van der Waals surface area contributed by atoms with Gasteiger partial charge in [0.25, 0.3) is 0 Å². The molecule has 2 N–H and O–H groups in total. The second kappa shape index (κ2) is 12.1. The van der Waals surface area contributed by atoms with Gasteiger partial charge in [0.2, 0.25) is 11.8 Å². The van der Waals surface area contributed by atoms with Crippen LogP contribution in [0.15, 0.2) is 121 Å². The molecule has 9 heteroatoms.